The van der Waals surface area contributed by atoms with Crippen molar-refractivity contribution in [3.63, 3.8) is 0 Å². The van der Waals surface area contributed by atoms with Gasteiger partial charge in [0.2, 0.25) is 0 Å². The Hall–Kier alpha value is -1.65. The van der Waals surface area contributed by atoms with E-state index in [0.717, 1.165) is 42.5 Å². The van der Waals surface area contributed by atoms with Crippen LogP contribution in [0.1, 0.15) is 23.7 Å². The van der Waals surface area contributed by atoms with Gasteiger partial charge in [0, 0.05) is 41.8 Å². The maximum atomic E-state index is 12.7. The van der Waals surface area contributed by atoms with Crippen molar-refractivity contribution in [3.05, 3.63) is 36.0 Å². The van der Waals surface area contributed by atoms with Crippen LogP contribution >= 0.6 is 0 Å². The van der Waals surface area contributed by atoms with E-state index in [1.54, 1.807) is 0 Å². The van der Waals surface area contributed by atoms with E-state index in [9.17, 15) is 4.79 Å². The third-order valence-corrected chi connectivity index (χ3v) is 4.42. The molecule has 112 valence electrons. The van der Waals surface area contributed by atoms with Crippen molar-refractivity contribution in [3.8, 4) is 0 Å². The summed E-state index contributed by atoms with van der Waals surface area (Å²) in [7, 11) is 2.15. The van der Waals surface area contributed by atoms with Crippen LogP contribution in [0.2, 0.25) is 0 Å². The van der Waals surface area contributed by atoms with Crippen molar-refractivity contribution < 1.29 is 4.79 Å². The number of nitrogens with one attached hydrogen (secondary N) is 1. The van der Waals surface area contributed by atoms with Crippen LogP contribution in [0.15, 0.2) is 30.5 Å². The van der Waals surface area contributed by atoms with Crippen LogP contribution in [0.4, 0.5) is 0 Å². The zero-order chi connectivity index (χ0) is 14.8. The van der Waals surface area contributed by atoms with Gasteiger partial charge in [0.05, 0.1) is 6.54 Å². The highest BCUT2D eigenvalue weighted by Gasteiger charge is 2.23. The van der Waals surface area contributed by atoms with Crippen molar-refractivity contribution >= 4 is 16.7 Å². The number of rotatable bonds is 3. The largest absolute Gasteiger partial charge is 0.360 e. The van der Waals surface area contributed by atoms with Gasteiger partial charge in [-0.25, -0.2) is 0 Å². The summed E-state index contributed by atoms with van der Waals surface area (Å²) >= 11 is 0. The fraction of sp³-hybridized carbons (Fsp3) is 0.471. The van der Waals surface area contributed by atoms with Gasteiger partial charge in [0.1, 0.15) is 0 Å². The third kappa shape index (κ3) is 3.01. The minimum absolute atomic E-state index is 0.212. The summed E-state index contributed by atoms with van der Waals surface area (Å²) in [5.41, 5.74) is 1.85. The monoisotopic (exact) mass is 285 g/mol. The number of para-hydroxylation sites is 1. The average molecular weight is 285 g/mol. The van der Waals surface area contributed by atoms with E-state index in [1.807, 2.05) is 30.5 Å². The number of carbonyl (C=O) groups excluding carboxylic acids is 1. The number of Topliss-reactive ketones (excluding diaryl/α,β-unsaturated/α-hetero) is 1. The molecule has 0 aliphatic carbocycles. The maximum Gasteiger partial charge on any atom is 0.178 e. The smallest absolute Gasteiger partial charge is 0.178 e. The molecule has 3 rings (SSSR count). The summed E-state index contributed by atoms with van der Waals surface area (Å²) in [4.78, 5) is 20.5. The molecule has 1 aromatic heterocycles. The van der Waals surface area contributed by atoms with Crippen LogP contribution in [0, 0.1) is 0 Å². The molecule has 1 aromatic carbocycles. The number of aromatic nitrogens is 1. The predicted molar refractivity (Wildman–Crippen MR) is 85.8 cm³/mol. The van der Waals surface area contributed by atoms with E-state index in [1.165, 1.54) is 0 Å². The van der Waals surface area contributed by atoms with Gasteiger partial charge in [0.25, 0.3) is 0 Å². The van der Waals surface area contributed by atoms with Crippen LogP contribution in [0.5, 0.6) is 0 Å². The van der Waals surface area contributed by atoms with Crippen LogP contribution in [0.3, 0.4) is 0 Å². The van der Waals surface area contributed by atoms with Gasteiger partial charge in [0.15, 0.2) is 5.78 Å². The Morgan fingerprint density at radius 1 is 1.33 bits per heavy atom. The van der Waals surface area contributed by atoms with E-state index < -0.39 is 0 Å². The molecule has 21 heavy (non-hydrogen) atoms. The lowest BCUT2D eigenvalue weighted by molar-refractivity contribution is 0.0902. The minimum atomic E-state index is 0.212. The second-order valence-corrected chi connectivity index (χ2v) is 6.11. The van der Waals surface area contributed by atoms with Gasteiger partial charge in [-0.1, -0.05) is 18.2 Å². The van der Waals surface area contributed by atoms with E-state index in [4.69, 9.17) is 0 Å². The second kappa shape index (κ2) is 6.00. The fourth-order valence-electron chi connectivity index (χ4n) is 3.23. The molecule has 1 aliphatic rings. The fourth-order valence-corrected chi connectivity index (χ4v) is 3.23. The predicted octanol–water partition coefficient (Wildman–Crippen LogP) is 2.38. The maximum absolute atomic E-state index is 12.7. The molecule has 0 saturated carbocycles. The van der Waals surface area contributed by atoms with E-state index in [0.29, 0.717) is 12.6 Å². The number of H-pyrrole nitrogens is 1. The molecule has 0 radical (unpaired) electrons. The van der Waals surface area contributed by atoms with Gasteiger partial charge >= 0.3 is 0 Å². The summed E-state index contributed by atoms with van der Waals surface area (Å²) in [5.74, 6) is 0.212. The molecule has 1 atom stereocenters. The molecule has 4 heteroatoms. The molecule has 1 unspecified atom stereocenters. The number of aromatic amines is 1. The Morgan fingerprint density at radius 3 is 3.00 bits per heavy atom. The number of carbonyl (C=O) groups is 1. The van der Waals surface area contributed by atoms with E-state index in [-0.39, 0.29) is 5.78 Å². The van der Waals surface area contributed by atoms with Crippen LogP contribution < -0.4 is 0 Å². The number of fused-ring (bicyclic) bond motifs is 1. The van der Waals surface area contributed by atoms with Gasteiger partial charge in [-0.2, -0.15) is 0 Å². The molecular formula is C17H23N3O. The number of hydrogen-bond donors (Lipinski definition) is 1. The Balaban J connectivity index is 1.76. The third-order valence-electron chi connectivity index (χ3n) is 4.42. The Bertz CT molecular complexity index is 634. The molecule has 1 aliphatic heterocycles. The van der Waals surface area contributed by atoms with Crippen LogP contribution in [-0.4, -0.2) is 59.8 Å². The van der Waals surface area contributed by atoms with Crippen molar-refractivity contribution in [1.82, 2.24) is 14.8 Å². The minimum Gasteiger partial charge on any atom is -0.360 e. The second-order valence-electron chi connectivity index (χ2n) is 6.11. The first kappa shape index (κ1) is 14.3. The zero-order valence-electron chi connectivity index (χ0n) is 12.8. The van der Waals surface area contributed by atoms with Gasteiger partial charge in [-0.3, -0.25) is 9.69 Å². The van der Waals surface area contributed by atoms with E-state index in [2.05, 4.69) is 28.8 Å². The summed E-state index contributed by atoms with van der Waals surface area (Å²) in [6, 6.07) is 8.41. The van der Waals surface area contributed by atoms with Gasteiger partial charge in [-0.05, 0) is 33.0 Å². The molecular weight excluding hydrogens is 262 g/mol. The molecule has 2 aromatic rings. The molecule has 4 nitrogen and oxygen atoms in total. The van der Waals surface area contributed by atoms with Crippen molar-refractivity contribution in [2.45, 2.75) is 19.4 Å². The highest BCUT2D eigenvalue weighted by Crippen LogP contribution is 2.19. The van der Waals surface area contributed by atoms with Crippen LogP contribution in [-0.2, 0) is 0 Å². The molecule has 0 amide bonds. The standard InChI is InChI=1S/C17H23N3O/c1-13-11-19(2)8-5-9-20(13)12-17(21)15-10-18-16-7-4-3-6-14(15)16/h3-4,6-7,10,13,18H,5,8-9,11-12H2,1-2H3. The van der Waals surface area contributed by atoms with Gasteiger partial charge in [-0.15, -0.1) is 0 Å². The Labute approximate surface area is 125 Å². The lowest BCUT2D eigenvalue weighted by atomic mass is 10.1. The number of ketones is 1. The average Bonchev–Trinajstić information content (AvgIpc) is 2.83. The topological polar surface area (TPSA) is 39.3 Å². The zero-order valence-corrected chi connectivity index (χ0v) is 12.8. The Morgan fingerprint density at radius 2 is 2.14 bits per heavy atom. The summed E-state index contributed by atoms with van der Waals surface area (Å²) < 4.78 is 0. The number of benzene rings is 1. The summed E-state index contributed by atoms with van der Waals surface area (Å²) in [6.45, 7) is 5.87. The lowest BCUT2D eigenvalue weighted by Crippen LogP contribution is -2.40. The SMILES string of the molecule is CC1CN(C)CCCN1CC(=O)c1c[nH]c2ccccc12. The quantitative estimate of drug-likeness (QED) is 0.880. The van der Waals surface area contributed by atoms with Crippen molar-refractivity contribution in [1.29, 1.82) is 0 Å². The highest BCUT2D eigenvalue weighted by molar-refractivity contribution is 6.08. The molecule has 1 N–H and O–H groups in total. The van der Waals surface area contributed by atoms with Gasteiger partial charge < -0.3 is 9.88 Å². The first-order valence-corrected chi connectivity index (χ1v) is 7.67. The molecule has 2 heterocycles. The number of nitrogens with zero attached hydrogens (tertiary/aromatic N) is 2. The van der Waals surface area contributed by atoms with Crippen molar-refractivity contribution in [2.24, 2.45) is 0 Å². The van der Waals surface area contributed by atoms with Crippen LogP contribution in [0.25, 0.3) is 10.9 Å². The lowest BCUT2D eigenvalue weighted by Gasteiger charge is -2.27. The number of hydrogen-bond acceptors (Lipinski definition) is 3. The Kier molecular flexibility index (Phi) is 4.08. The summed E-state index contributed by atoms with van der Waals surface area (Å²) in [6.07, 6.45) is 2.98. The molecule has 1 fully saturated rings. The summed E-state index contributed by atoms with van der Waals surface area (Å²) in [5, 5.41) is 1.03. The number of likely N-dealkylation sites (N-methyl/N-ethyl adjacent to an activating group) is 1. The molecule has 0 spiro atoms. The van der Waals surface area contributed by atoms with Crippen molar-refractivity contribution in [2.75, 3.05) is 33.2 Å². The normalized spacial score (nSPS) is 21.5. The van der Waals surface area contributed by atoms with E-state index >= 15 is 0 Å². The first-order valence-electron chi connectivity index (χ1n) is 7.67. The molecule has 0 bridgehead atoms. The molecule has 1 saturated heterocycles. The highest BCUT2D eigenvalue weighted by atomic mass is 16.1. The first-order chi connectivity index (χ1) is 10.1.